The first kappa shape index (κ1) is 11.7. The van der Waals surface area contributed by atoms with E-state index in [1.165, 1.54) is 12.5 Å². The Morgan fingerprint density at radius 3 is 2.27 bits per heavy atom. The molecule has 0 aliphatic carbocycles. The number of rotatable bonds is 5. The average molecular weight is 239 g/mol. The van der Waals surface area contributed by atoms with E-state index in [2.05, 4.69) is 42.9 Å². The monoisotopic (exact) mass is 238 g/mol. The highest BCUT2D eigenvalue weighted by atomic mass is 79.9. The van der Waals surface area contributed by atoms with E-state index in [0.717, 1.165) is 5.33 Å². The molecule has 0 bridgehead atoms. The van der Waals surface area contributed by atoms with Gasteiger partial charge in [-0.05, 0) is 39.4 Å². The predicted octanol–water partition coefficient (Wildman–Crippen LogP) is 3.40. The van der Waals surface area contributed by atoms with E-state index in [1.54, 1.807) is 0 Å². The van der Waals surface area contributed by atoms with Gasteiger partial charge >= 0.3 is 0 Å². The van der Waals surface area contributed by atoms with Crippen LogP contribution in [-0.2, 0) is 4.43 Å². The molecule has 3 heteroatoms. The maximum Gasteiger partial charge on any atom is 0.187 e. The van der Waals surface area contributed by atoms with Crippen LogP contribution < -0.4 is 0 Å². The Bertz CT molecular complexity index is 104. The van der Waals surface area contributed by atoms with Gasteiger partial charge in [-0.2, -0.15) is 0 Å². The van der Waals surface area contributed by atoms with Crippen molar-refractivity contribution in [1.29, 1.82) is 0 Å². The van der Waals surface area contributed by atoms with E-state index in [4.69, 9.17) is 4.43 Å². The summed E-state index contributed by atoms with van der Waals surface area (Å²) < 4.78 is 5.86. The van der Waals surface area contributed by atoms with Crippen LogP contribution in [0.25, 0.3) is 0 Å². The van der Waals surface area contributed by atoms with Crippen molar-refractivity contribution in [3.05, 3.63) is 0 Å². The number of alkyl halides is 1. The second-order valence-corrected chi connectivity index (χ2v) is 8.77. The first-order valence-electron chi connectivity index (χ1n) is 4.22. The van der Waals surface area contributed by atoms with E-state index in [1.807, 2.05) is 0 Å². The second-order valence-electron chi connectivity index (χ2n) is 3.72. The van der Waals surface area contributed by atoms with Crippen LogP contribution in [0.1, 0.15) is 20.3 Å². The standard InChI is InChI=1S/C8H19BrOSi/c1-8(2)10-11(3,4)7-5-6-9/h8H,5-7H2,1-4H3. The van der Waals surface area contributed by atoms with Crippen molar-refractivity contribution in [2.75, 3.05) is 5.33 Å². The lowest BCUT2D eigenvalue weighted by Crippen LogP contribution is -2.33. The zero-order valence-electron chi connectivity index (χ0n) is 7.98. The molecular formula is C8H19BrOSi. The molecular weight excluding hydrogens is 220 g/mol. The molecule has 0 unspecified atom stereocenters. The van der Waals surface area contributed by atoms with Crippen LogP contribution in [0.3, 0.4) is 0 Å². The van der Waals surface area contributed by atoms with Gasteiger partial charge in [-0.1, -0.05) is 15.9 Å². The van der Waals surface area contributed by atoms with Gasteiger partial charge in [0.25, 0.3) is 0 Å². The van der Waals surface area contributed by atoms with Crippen LogP contribution >= 0.6 is 15.9 Å². The molecule has 0 aliphatic heterocycles. The summed E-state index contributed by atoms with van der Waals surface area (Å²) in [5.74, 6) is 0. The van der Waals surface area contributed by atoms with Crippen LogP contribution in [0.2, 0.25) is 19.1 Å². The lowest BCUT2D eigenvalue weighted by atomic mass is 10.5. The zero-order valence-corrected chi connectivity index (χ0v) is 10.6. The Morgan fingerprint density at radius 1 is 1.36 bits per heavy atom. The highest BCUT2D eigenvalue weighted by Gasteiger charge is 2.22. The normalized spacial score (nSPS) is 12.5. The average Bonchev–Trinajstić information content (AvgIpc) is 1.81. The number of halogens is 1. The summed E-state index contributed by atoms with van der Waals surface area (Å²) in [5, 5.41) is 1.10. The quantitative estimate of drug-likeness (QED) is 0.527. The van der Waals surface area contributed by atoms with Gasteiger partial charge in [0, 0.05) is 11.4 Å². The van der Waals surface area contributed by atoms with Gasteiger partial charge in [0.2, 0.25) is 0 Å². The molecule has 0 radical (unpaired) electrons. The Balaban J connectivity index is 3.61. The van der Waals surface area contributed by atoms with Crippen LogP contribution in [0.5, 0.6) is 0 Å². The minimum absolute atomic E-state index is 0.395. The van der Waals surface area contributed by atoms with E-state index < -0.39 is 8.32 Å². The van der Waals surface area contributed by atoms with E-state index in [-0.39, 0.29) is 0 Å². The van der Waals surface area contributed by atoms with Crippen molar-refractivity contribution >= 4 is 24.2 Å². The molecule has 0 amide bonds. The molecule has 0 heterocycles. The van der Waals surface area contributed by atoms with Gasteiger partial charge in [0.15, 0.2) is 8.32 Å². The topological polar surface area (TPSA) is 9.23 Å². The fraction of sp³-hybridized carbons (Fsp3) is 1.00. The Morgan fingerprint density at radius 2 is 1.91 bits per heavy atom. The fourth-order valence-electron chi connectivity index (χ4n) is 1.19. The van der Waals surface area contributed by atoms with Crippen molar-refractivity contribution < 1.29 is 4.43 Å². The van der Waals surface area contributed by atoms with E-state index >= 15 is 0 Å². The lowest BCUT2D eigenvalue weighted by Gasteiger charge is -2.25. The Labute approximate surface area is 79.8 Å². The Kier molecular flexibility index (Phi) is 5.65. The molecule has 0 aliphatic rings. The van der Waals surface area contributed by atoms with Crippen molar-refractivity contribution in [1.82, 2.24) is 0 Å². The molecule has 0 N–H and O–H groups in total. The maximum absolute atomic E-state index is 5.86. The Hall–Kier alpha value is 0.657. The maximum atomic E-state index is 5.86. The molecule has 0 aromatic heterocycles. The molecule has 1 nitrogen and oxygen atoms in total. The molecule has 0 fully saturated rings. The second kappa shape index (κ2) is 5.33. The third kappa shape index (κ3) is 7.03. The zero-order chi connectivity index (χ0) is 8.91. The van der Waals surface area contributed by atoms with Gasteiger partial charge in [0.1, 0.15) is 0 Å². The SMILES string of the molecule is CC(C)O[Si](C)(C)CCCBr. The molecule has 0 saturated heterocycles. The molecule has 0 spiro atoms. The summed E-state index contributed by atoms with van der Waals surface area (Å²) in [7, 11) is -1.32. The molecule has 0 rings (SSSR count). The van der Waals surface area contributed by atoms with Crippen molar-refractivity contribution in [3.63, 3.8) is 0 Å². The largest absolute Gasteiger partial charge is 0.415 e. The number of hydrogen-bond acceptors (Lipinski definition) is 1. The van der Waals surface area contributed by atoms with Gasteiger partial charge in [0.05, 0.1) is 0 Å². The molecule has 0 atom stereocenters. The molecule has 68 valence electrons. The highest BCUT2D eigenvalue weighted by molar-refractivity contribution is 9.09. The summed E-state index contributed by atoms with van der Waals surface area (Å²) in [4.78, 5) is 0. The summed E-state index contributed by atoms with van der Waals surface area (Å²) >= 11 is 3.43. The van der Waals surface area contributed by atoms with Crippen LogP contribution in [0.4, 0.5) is 0 Å². The first-order chi connectivity index (χ1) is 4.98. The van der Waals surface area contributed by atoms with Crippen molar-refractivity contribution in [3.8, 4) is 0 Å². The molecule has 0 aromatic rings. The van der Waals surface area contributed by atoms with Crippen LogP contribution in [-0.4, -0.2) is 19.8 Å². The number of hydrogen-bond donors (Lipinski definition) is 0. The first-order valence-corrected chi connectivity index (χ1v) is 8.45. The summed E-state index contributed by atoms with van der Waals surface area (Å²) in [6.45, 7) is 8.80. The fourth-order valence-corrected chi connectivity index (χ4v) is 4.41. The lowest BCUT2D eigenvalue weighted by molar-refractivity contribution is 0.231. The molecule has 0 aromatic carbocycles. The van der Waals surface area contributed by atoms with Gasteiger partial charge in [-0.15, -0.1) is 0 Å². The third-order valence-corrected chi connectivity index (χ3v) is 4.70. The van der Waals surface area contributed by atoms with E-state index in [0.29, 0.717) is 6.10 Å². The van der Waals surface area contributed by atoms with Crippen molar-refractivity contribution in [2.45, 2.75) is 45.5 Å². The highest BCUT2D eigenvalue weighted by Crippen LogP contribution is 2.16. The van der Waals surface area contributed by atoms with Gasteiger partial charge < -0.3 is 4.43 Å². The third-order valence-electron chi connectivity index (χ3n) is 1.47. The summed E-state index contributed by atoms with van der Waals surface area (Å²) in [5.41, 5.74) is 0. The smallest absolute Gasteiger partial charge is 0.187 e. The predicted molar refractivity (Wildman–Crippen MR) is 56.9 cm³/mol. The molecule has 0 saturated carbocycles. The summed E-state index contributed by atoms with van der Waals surface area (Å²) in [6, 6.07) is 1.26. The van der Waals surface area contributed by atoms with Gasteiger partial charge in [-0.3, -0.25) is 0 Å². The van der Waals surface area contributed by atoms with Crippen LogP contribution in [0, 0.1) is 0 Å². The van der Waals surface area contributed by atoms with Crippen molar-refractivity contribution in [2.24, 2.45) is 0 Å². The molecule has 11 heavy (non-hydrogen) atoms. The van der Waals surface area contributed by atoms with Gasteiger partial charge in [-0.25, -0.2) is 0 Å². The summed E-state index contributed by atoms with van der Waals surface area (Å²) in [6.07, 6.45) is 1.64. The van der Waals surface area contributed by atoms with E-state index in [9.17, 15) is 0 Å². The van der Waals surface area contributed by atoms with Crippen LogP contribution in [0.15, 0.2) is 0 Å². The minimum Gasteiger partial charge on any atom is -0.415 e. The minimum atomic E-state index is -1.32.